The Hall–Kier alpha value is -1.86. The van der Waals surface area contributed by atoms with Gasteiger partial charge in [-0.2, -0.15) is 13.2 Å². The van der Waals surface area contributed by atoms with E-state index in [0.717, 1.165) is 6.08 Å². The Kier molecular flexibility index (Phi) is 4.26. The first-order valence-electron chi connectivity index (χ1n) is 5.87. The number of nitro groups is 1. The number of carbonyl (C=O) groups is 1. The van der Waals surface area contributed by atoms with Crippen LogP contribution in [0.1, 0.15) is 26.7 Å². The summed E-state index contributed by atoms with van der Waals surface area (Å²) in [5, 5.41) is 11.0. The van der Waals surface area contributed by atoms with E-state index >= 15 is 0 Å². The van der Waals surface area contributed by atoms with Crippen LogP contribution in [0.5, 0.6) is 0 Å². The van der Waals surface area contributed by atoms with Gasteiger partial charge in [-0.25, -0.2) is 0 Å². The lowest BCUT2D eigenvalue weighted by Crippen LogP contribution is -2.43. The van der Waals surface area contributed by atoms with Gasteiger partial charge >= 0.3 is 6.18 Å². The Morgan fingerprint density at radius 3 is 2.45 bits per heavy atom. The van der Waals surface area contributed by atoms with Gasteiger partial charge in [-0.1, -0.05) is 11.6 Å². The minimum absolute atomic E-state index is 0.0305. The second kappa shape index (κ2) is 5.26. The molecule has 5 nitrogen and oxygen atoms in total. The van der Waals surface area contributed by atoms with Gasteiger partial charge in [0.15, 0.2) is 0 Å². The molecular formula is C12H15F3N2O3. The van der Waals surface area contributed by atoms with Crippen LogP contribution in [0.25, 0.3) is 0 Å². The van der Waals surface area contributed by atoms with Crippen molar-refractivity contribution in [3.05, 3.63) is 33.4 Å². The molecule has 1 unspecified atom stereocenters. The van der Waals surface area contributed by atoms with Crippen LogP contribution in [0.15, 0.2) is 23.3 Å². The summed E-state index contributed by atoms with van der Waals surface area (Å²) in [7, 11) is 0. The second-order valence-electron chi connectivity index (χ2n) is 5.29. The van der Waals surface area contributed by atoms with E-state index in [9.17, 15) is 28.1 Å². The van der Waals surface area contributed by atoms with Crippen molar-refractivity contribution in [2.45, 2.75) is 38.9 Å². The van der Waals surface area contributed by atoms with Gasteiger partial charge in [0.25, 0.3) is 6.04 Å². The van der Waals surface area contributed by atoms with Gasteiger partial charge in [-0.3, -0.25) is 14.9 Å². The first-order chi connectivity index (χ1) is 8.95. The molecule has 20 heavy (non-hydrogen) atoms. The SMILES string of the molecule is CC1(C)C=C(CCC(N)=O)C=C(C(F)(F)F)C1[N+](=O)[O-]. The zero-order valence-electron chi connectivity index (χ0n) is 11.0. The molecule has 8 heteroatoms. The lowest BCUT2D eigenvalue weighted by atomic mass is 9.74. The molecule has 0 aromatic carbocycles. The lowest BCUT2D eigenvalue weighted by molar-refractivity contribution is -0.530. The van der Waals surface area contributed by atoms with Crippen LogP contribution in [0, 0.1) is 15.5 Å². The van der Waals surface area contributed by atoms with Crippen molar-refractivity contribution >= 4 is 5.91 Å². The third-order valence-electron chi connectivity index (χ3n) is 3.10. The average molecular weight is 292 g/mol. The lowest BCUT2D eigenvalue weighted by Gasteiger charge is -2.32. The zero-order chi connectivity index (χ0) is 15.7. The summed E-state index contributed by atoms with van der Waals surface area (Å²) in [6.07, 6.45) is -2.71. The van der Waals surface area contributed by atoms with E-state index < -0.39 is 34.0 Å². The van der Waals surface area contributed by atoms with E-state index in [1.165, 1.54) is 19.9 Å². The molecule has 0 aliphatic heterocycles. The number of nitrogens with two attached hydrogens (primary N) is 1. The molecule has 1 aliphatic carbocycles. The summed E-state index contributed by atoms with van der Waals surface area (Å²) in [6, 6.07) is -1.86. The molecule has 0 saturated heterocycles. The highest BCUT2D eigenvalue weighted by Gasteiger charge is 2.53. The second-order valence-corrected chi connectivity index (χ2v) is 5.29. The van der Waals surface area contributed by atoms with Gasteiger partial charge in [0.1, 0.15) is 5.57 Å². The van der Waals surface area contributed by atoms with Gasteiger partial charge in [0, 0.05) is 11.3 Å². The molecule has 1 rings (SSSR count). The van der Waals surface area contributed by atoms with Gasteiger partial charge in [-0.15, -0.1) is 0 Å². The van der Waals surface area contributed by atoms with Crippen molar-refractivity contribution in [1.82, 2.24) is 0 Å². The first kappa shape index (κ1) is 16.2. The van der Waals surface area contributed by atoms with Crippen molar-refractivity contribution < 1.29 is 22.9 Å². The highest BCUT2D eigenvalue weighted by atomic mass is 19.4. The molecule has 1 aliphatic rings. The predicted molar refractivity (Wildman–Crippen MR) is 65.2 cm³/mol. The minimum atomic E-state index is -4.79. The first-order valence-corrected chi connectivity index (χ1v) is 5.87. The average Bonchev–Trinajstić information content (AvgIpc) is 2.22. The van der Waals surface area contributed by atoms with Crippen LogP contribution in [-0.4, -0.2) is 23.0 Å². The number of hydrogen-bond donors (Lipinski definition) is 1. The van der Waals surface area contributed by atoms with Gasteiger partial charge < -0.3 is 5.73 Å². The molecule has 1 atom stereocenters. The number of primary amides is 1. The maximum absolute atomic E-state index is 13.0. The topological polar surface area (TPSA) is 86.2 Å². The van der Waals surface area contributed by atoms with Crippen LogP contribution < -0.4 is 5.73 Å². The number of halogens is 3. The van der Waals surface area contributed by atoms with Gasteiger partial charge in [0.2, 0.25) is 5.91 Å². The number of carbonyl (C=O) groups excluding carboxylic acids is 1. The van der Waals surface area contributed by atoms with Crippen molar-refractivity contribution in [2.75, 3.05) is 0 Å². The third kappa shape index (κ3) is 3.58. The highest BCUT2D eigenvalue weighted by Crippen LogP contribution is 2.43. The number of amides is 1. The van der Waals surface area contributed by atoms with Crippen LogP contribution in [-0.2, 0) is 4.79 Å². The molecule has 0 radical (unpaired) electrons. The zero-order valence-corrected chi connectivity index (χ0v) is 11.0. The normalized spacial score (nSPS) is 21.9. The number of hydrogen-bond acceptors (Lipinski definition) is 3. The standard InChI is InChI=1S/C12H15F3N2O3/c1-11(2)6-7(3-4-9(16)18)5-8(12(13,14)15)10(11)17(19)20/h5-6,10H,3-4H2,1-2H3,(H2,16,18). The molecule has 0 heterocycles. The van der Waals surface area contributed by atoms with Crippen molar-refractivity contribution in [1.29, 1.82) is 0 Å². The number of rotatable bonds is 4. The molecule has 112 valence electrons. The molecule has 0 saturated carbocycles. The summed E-state index contributed by atoms with van der Waals surface area (Å²) in [4.78, 5) is 20.7. The monoisotopic (exact) mass is 292 g/mol. The van der Waals surface area contributed by atoms with Crippen LogP contribution >= 0.6 is 0 Å². The largest absolute Gasteiger partial charge is 0.419 e. The Morgan fingerprint density at radius 1 is 1.50 bits per heavy atom. The molecule has 0 aromatic heterocycles. The highest BCUT2D eigenvalue weighted by molar-refractivity contribution is 5.74. The van der Waals surface area contributed by atoms with Crippen LogP contribution in [0.4, 0.5) is 13.2 Å². The number of alkyl halides is 3. The predicted octanol–water partition coefficient (Wildman–Crippen LogP) is 2.35. The summed E-state index contributed by atoms with van der Waals surface area (Å²) in [5.41, 5.74) is 2.70. The van der Waals surface area contributed by atoms with Crippen molar-refractivity contribution in [2.24, 2.45) is 11.1 Å². The van der Waals surface area contributed by atoms with E-state index in [1.807, 2.05) is 0 Å². The van der Waals surface area contributed by atoms with Crippen molar-refractivity contribution in [3.63, 3.8) is 0 Å². The van der Waals surface area contributed by atoms with E-state index in [1.54, 1.807) is 0 Å². The maximum atomic E-state index is 13.0. The Balaban J connectivity index is 3.22. The van der Waals surface area contributed by atoms with Crippen molar-refractivity contribution in [3.8, 4) is 0 Å². The molecular weight excluding hydrogens is 277 g/mol. The molecule has 1 amide bonds. The van der Waals surface area contributed by atoms with E-state index in [4.69, 9.17) is 5.73 Å². The molecule has 0 spiro atoms. The fourth-order valence-corrected chi connectivity index (χ4v) is 2.31. The Morgan fingerprint density at radius 2 is 2.05 bits per heavy atom. The third-order valence-corrected chi connectivity index (χ3v) is 3.10. The summed E-state index contributed by atoms with van der Waals surface area (Å²) < 4.78 is 38.9. The molecule has 0 aromatic rings. The van der Waals surface area contributed by atoms with Crippen LogP contribution in [0.3, 0.4) is 0 Å². The van der Waals surface area contributed by atoms with E-state index in [2.05, 4.69) is 0 Å². The van der Waals surface area contributed by atoms with Gasteiger partial charge in [-0.05, 0) is 26.3 Å². The number of allylic oxidation sites excluding steroid dienone is 2. The quantitative estimate of drug-likeness (QED) is 0.637. The Labute approximate surface area is 113 Å². The van der Waals surface area contributed by atoms with Gasteiger partial charge in [0.05, 0.1) is 5.41 Å². The maximum Gasteiger partial charge on any atom is 0.419 e. The summed E-state index contributed by atoms with van der Waals surface area (Å²) in [6.45, 7) is 2.73. The van der Waals surface area contributed by atoms with E-state index in [0.29, 0.717) is 0 Å². The molecule has 2 N–H and O–H groups in total. The molecule has 0 bridgehead atoms. The minimum Gasteiger partial charge on any atom is -0.370 e. The fourth-order valence-electron chi connectivity index (χ4n) is 2.31. The smallest absolute Gasteiger partial charge is 0.370 e. The number of nitrogens with zero attached hydrogens (tertiary/aromatic N) is 1. The Bertz CT molecular complexity index is 493. The molecule has 0 fully saturated rings. The summed E-state index contributed by atoms with van der Waals surface area (Å²) in [5.74, 6) is -0.637. The fraction of sp³-hybridized carbons (Fsp3) is 0.583. The van der Waals surface area contributed by atoms with E-state index in [-0.39, 0.29) is 18.4 Å². The summed E-state index contributed by atoms with van der Waals surface area (Å²) >= 11 is 0. The van der Waals surface area contributed by atoms with Crippen LogP contribution in [0.2, 0.25) is 0 Å².